The van der Waals surface area contributed by atoms with Crippen LogP contribution in [0.25, 0.3) is 0 Å². The third kappa shape index (κ3) is 3.28. The third-order valence-electron chi connectivity index (χ3n) is 2.23. The SMILES string of the molecule is Cc1noc(C)c1S(=O)(=O)NCC[C@H](O)C(=O)O. The summed E-state index contributed by atoms with van der Waals surface area (Å²) >= 11 is 0. The molecule has 1 atom stereocenters. The van der Waals surface area contributed by atoms with E-state index in [1.807, 2.05) is 0 Å². The lowest BCUT2D eigenvalue weighted by molar-refractivity contribution is -0.146. The highest BCUT2D eigenvalue weighted by Gasteiger charge is 2.24. The molecule has 1 aromatic heterocycles. The van der Waals surface area contributed by atoms with Crippen LogP contribution in [0.15, 0.2) is 9.42 Å². The molecule has 1 aromatic rings. The maximum absolute atomic E-state index is 11.8. The van der Waals surface area contributed by atoms with Crippen molar-refractivity contribution >= 4 is 16.0 Å². The van der Waals surface area contributed by atoms with Gasteiger partial charge < -0.3 is 14.7 Å². The number of aryl methyl sites for hydroxylation is 2. The first-order chi connectivity index (χ1) is 8.25. The number of nitrogens with one attached hydrogen (secondary N) is 1. The molecule has 0 amide bonds. The number of aliphatic carboxylic acids is 1. The summed E-state index contributed by atoms with van der Waals surface area (Å²) < 4.78 is 30.6. The molecule has 0 spiro atoms. The number of sulfonamides is 1. The van der Waals surface area contributed by atoms with Gasteiger partial charge in [-0.1, -0.05) is 5.16 Å². The second kappa shape index (κ2) is 5.46. The highest BCUT2D eigenvalue weighted by molar-refractivity contribution is 7.89. The number of aliphatic hydroxyl groups excluding tert-OH is 1. The van der Waals surface area contributed by atoms with Crippen LogP contribution in [0, 0.1) is 13.8 Å². The summed E-state index contributed by atoms with van der Waals surface area (Å²) in [5.41, 5.74) is 0.221. The van der Waals surface area contributed by atoms with Crippen LogP contribution in [-0.4, -0.2) is 42.4 Å². The molecule has 18 heavy (non-hydrogen) atoms. The fraction of sp³-hybridized carbons (Fsp3) is 0.556. The monoisotopic (exact) mass is 278 g/mol. The minimum absolute atomic E-state index is 0.0627. The molecule has 0 fully saturated rings. The molecule has 0 aliphatic rings. The van der Waals surface area contributed by atoms with Crippen molar-refractivity contribution in [3.63, 3.8) is 0 Å². The molecule has 0 radical (unpaired) electrons. The van der Waals surface area contributed by atoms with Crippen molar-refractivity contribution in [2.45, 2.75) is 31.3 Å². The average molecular weight is 278 g/mol. The van der Waals surface area contributed by atoms with Crippen molar-refractivity contribution < 1.29 is 27.9 Å². The molecule has 0 aliphatic heterocycles. The fourth-order valence-corrected chi connectivity index (χ4v) is 2.76. The Kier molecular flexibility index (Phi) is 4.43. The zero-order chi connectivity index (χ0) is 13.9. The van der Waals surface area contributed by atoms with E-state index in [2.05, 4.69) is 9.88 Å². The van der Waals surface area contributed by atoms with Gasteiger partial charge in [-0.05, 0) is 20.3 Å². The molecular formula is C9H14N2O6S. The lowest BCUT2D eigenvalue weighted by Crippen LogP contribution is -2.30. The van der Waals surface area contributed by atoms with Crippen molar-refractivity contribution in [2.24, 2.45) is 0 Å². The topological polar surface area (TPSA) is 130 Å². The molecule has 0 unspecified atom stereocenters. The van der Waals surface area contributed by atoms with Gasteiger partial charge in [-0.25, -0.2) is 17.9 Å². The summed E-state index contributed by atoms with van der Waals surface area (Å²) in [6, 6.07) is 0. The Morgan fingerprint density at radius 3 is 2.56 bits per heavy atom. The highest BCUT2D eigenvalue weighted by Crippen LogP contribution is 2.18. The summed E-state index contributed by atoms with van der Waals surface area (Å²) in [5.74, 6) is -1.25. The number of carboxylic acids is 1. The zero-order valence-corrected chi connectivity index (χ0v) is 10.7. The van der Waals surface area contributed by atoms with Gasteiger partial charge in [-0.3, -0.25) is 0 Å². The molecule has 0 aliphatic carbocycles. The number of rotatable bonds is 6. The smallest absolute Gasteiger partial charge is 0.332 e. The number of nitrogens with zero attached hydrogens (tertiary/aromatic N) is 1. The van der Waals surface area contributed by atoms with Gasteiger partial charge in [-0.15, -0.1) is 0 Å². The maximum Gasteiger partial charge on any atom is 0.332 e. The van der Waals surface area contributed by atoms with E-state index in [-0.39, 0.29) is 29.3 Å². The summed E-state index contributed by atoms with van der Waals surface area (Å²) in [4.78, 5) is 10.3. The van der Waals surface area contributed by atoms with Gasteiger partial charge in [0.2, 0.25) is 10.0 Å². The normalized spacial score (nSPS) is 13.5. The molecule has 3 N–H and O–H groups in total. The Bertz CT molecular complexity index is 516. The van der Waals surface area contributed by atoms with Gasteiger partial charge in [0.25, 0.3) is 0 Å². The predicted octanol–water partition coefficient (Wildman–Crippen LogP) is -0.595. The second-order valence-corrected chi connectivity index (χ2v) is 5.40. The van der Waals surface area contributed by atoms with Gasteiger partial charge in [0.1, 0.15) is 10.6 Å². The summed E-state index contributed by atoms with van der Waals surface area (Å²) in [5, 5.41) is 20.9. The van der Waals surface area contributed by atoms with Crippen LogP contribution in [0.1, 0.15) is 17.9 Å². The quantitative estimate of drug-likeness (QED) is 0.633. The summed E-state index contributed by atoms with van der Waals surface area (Å²) in [6.45, 7) is 2.75. The van der Waals surface area contributed by atoms with Crippen LogP contribution < -0.4 is 4.72 Å². The van der Waals surface area contributed by atoms with Crippen LogP contribution in [0.3, 0.4) is 0 Å². The Balaban J connectivity index is 2.70. The van der Waals surface area contributed by atoms with Crippen LogP contribution in [0.5, 0.6) is 0 Å². The van der Waals surface area contributed by atoms with Crippen LogP contribution in [0.4, 0.5) is 0 Å². The van der Waals surface area contributed by atoms with Crippen molar-refractivity contribution in [1.29, 1.82) is 0 Å². The van der Waals surface area contributed by atoms with Crippen LogP contribution in [-0.2, 0) is 14.8 Å². The zero-order valence-electron chi connectivity index (χ0n) is 9.87. The number of hydrogen-bond acceptors (Lipinski definition) is 6. The molecule has 1 rings (SSSR count). The number of aliphatic hydroxyl groups is 1. The van der Waals surface area contributed by atoms with E-state index in [0.717, 1.165) is 0 Å². The Morgan fingerprint density at radius 2 is 2.11 bits per heavy atom. The first-order valence-electron chi connectivity index (χ1n) is 5.09. The lowest BCUT2D eigenvalue weighted by atomic mass is 10.3. The molecule has 102 valence electrons. The van der Waals surface area contributed by atoms with Crippen molar-refractivity contribution in [3.8, 4) is 0 Å². The van der Waals surface area contributed by atoms with E-state index in [1.165, 1.54) is 13.8 Å². The molecular weight excluding hydrogens is 264 g/mol. The number of carboxylic acid groups (broad SMARTS) is 1. The van der Waals surface area contributed by atoms with Gasteiger partial charge in [0, 0.05) is 6.54 Å². The Morgan fingerprint density at radius 1 is 1.50 bits per heavy atom. The lowest BCUT2D eigenvalue weighted by Gasteiger charge is -2.07. The van der Waals surface area contributed by atoms with E-state index in [0.29, 0.717) is 0 Å². The van der Waals surface area contributed by atoms with Gasteiger partial charge in [0.15, 0.2) is 11.9 Å². The van der Waals surface area contributed by atoms with E-state index < -0.39 is 22.1 Å². The third-order valence-corrected chi connectivity index (χ3v) is 3.94. The average Bonchev–Trinajstić information content (AvgIpc) is 2.58. The number of hydrogen-bond donors (Lipinski definition) is 3. The Hall–Kier alpha value is -1.45. The van der Waals surface area contributed by atoms with E-state index in [1.54, 1.807) is 0 Å². The first-order valence-corrected chi connectivity index (χ1v) is 6.57. The van der Waals surface area contributed by atoms with Crippen molar-refractivity contribution in [2.75, 3.05) is 6.54 Å². The molecule has 0 aromatic carbocycles. The van der Waals surface area contributed by atoms with E-state index in [4.69, 9.17) is 14.7 Å². The molecule has 8 nitrogen and oxygen atoms in total. The van der Waals surface area contributed by atoms with Crippen molar-refractivity contribution in [1.82, 2.24) is 9.88 Å². The van der Waals surface area contributed by atoms with Crippen molar-refractivity contribution in [3.05, 3.63) is 11.5 Å². The first kappa shape index (κ1) is 14.6. The fourth-order valence-electron chi connectivity index (χ4n) is 1.38. The minimum atomic E-state index is -3.81. The molecule has 0 saturated heterocycles. The molecule has 0 bridgehead atoms. The number of carbonyl (C=O) groups is 1. The largest absolute Gasteiger partial charge is 0.479 e. The summed E-state index contributed by atoms with van der Waals surface area (Å²) in [7, 11) is -3.81. The predicted molar refractivity (Wildman–Crippen MR) is 59.4 cm³/mol. The Labute approximate surface area is 104 Å². The minimum Gasteiger partial charge on any atom is -0.479 e. The second-order valence-electron chi connectivity index (χ2n) is 3.69. The number of aromatic nitrogens is 1. The highest BCUT2D eigenvalue weighted by atomic mass is 32.2. The molecule has 1 heterocycles. The summed E-state index contributed by atoms with van der Waals surface area (Å²) in [6.07, 6.45) is -1.82. The van der Waals surface area contributed by atoms with Crippen LogP contribution >= 0.6 is 0 Å². The van der Waals surface area contributed by atoms with Gasteiger partial charge in [0.05, 0.1) is 0 Å². The van der Waals surface area contributed by atoms with Gasteiger partial charge >= 0.3 is 5.97 Å². The van der Waals surface area contributed by atoms with Crippen LogP contribution in [0.2, 0.25) is 0 Å². The molecule has 0 saturated carbocycles. The van der Waals surface area contributed by atoms with Gasteiger partial charge in [-0.2, -0.15) is 0 Å². The maximum atomic E-state index is 11.8. The molecule has 9 heteroatoms. The van der Waals surface area contributed by atoms with E-state index in [9.17, 15) is 13.2 Å². The van der Waals surface area contributed by atoms with E-state index >= 15 is 0 Å². The standard InChI is InChI=1S/C9H14N2O6S/c1-5-8(6(2)17-11-5)18(15,16)10-4-3-7(12)9(13)14/h7,10,12H,3-4H2,1-2H3,(H,13,14)/t7-/m0/s1.